The van der Waals surface area contributed by atoms with E-state index in [1.807, 2.05) is 32.0 Å². The number of aromatic amines is 1. The molecule has 1 amide bonds. The summed E-state index contributed by atoms with van der Waals surface area (Å²) >= 11 is 0. The Morgan fingerprint density at radius 3 is 2.79 bits per heavy atom. The van der Waals surface area contributed by atoms with Crippen molar-refractivity contribution in [2.45, 2.75) is 32.7 Å². The molecule has 2 N–H and O–H groups in total. The van der Waals surface area contributed by atoms with Gasteiger partial charge >= 0.3 is 0 Å². The number of aromatic nitrogens is 1. The first-order valence-corrected chi connectivity index (χ1v) is 9.99. The average Bonchev–Trinajstić information content (AvgIpc) is 2.80. The monoisotopic (exact) mass is 349 g/mol. The number of carbonyl (C=O) groups is 1. The molecule has 1 saturated heterocycles. The SMILES string of the molecule is Cc1[nH]c2ccc(C(=O)N3CCCC(NS(C)(=O)=O)C3)cc2c1C. The van der Waals surface area contributed by atoms with Crippen molar-refractivity contribution in [2.24, 2.45) is 0 Å². The maximum absolute atomic E-state index is 12.8. The van der Waals surface area contributed by atoms with Gasteiger partial charge in [-0.25, -0.2) is 13.1 Å². The maximum Gasteiger partial charge on any atom is 0.253 e. The molecule has 24 heavy (non-hydrogen) atoms. The zero-order valence-electron chi connectivity index (χ0n) is 14.2. The Kier molecular flexibility index (Phi) is 4.40. The van der Waals surface area contributed by atoms with Crippen molar-refractivity contribution in [2.75, 3.05) is 19.3 Å². The van der Waals surface area contributed by atoms with E-state index in [0.717, 1.165) is 41.3 Å². The Hall–Kier alpha value is -1.86. The molecule has 3 rings (SSSR count). The van der Waals surface area contributed by atoms with Gasteiger partial charge in [-0.05, 0) is 50.5 Å². The van der Waals surface area contributed by atoms with E-state index < -0.39 is 10.0 Å². The van der Waals surface area contributed by atoms with Crippen LogP contribution < -0.4 is 4.72 Å². The van der Waals surface area contributed by atoms with Crippen LogP contribution in [0.2, 0.25) is 0 Å². The summed E-state index contributed by atoms with van der Waals surface area (Å²) in [6, 6.07) is 5.47. The molecule has 0 radical (unpaired) electrons. The highest BCUT2D eigenvalue weighted by Crippen LogP contribution is 2.23. The lowest BCUT2D eigenvalue weighted by Crippen LogP contribution is -2.49. The molecule has 0 aliphatic carbocycles. The second-order valence-corrected chi connectivity index (χ2v) is 8.40. The van der Waals surface area contributed by atoms with Gasteiger partial charge in [0.05, 0.1) is 6.26 Å². The molecule has 7 heteroatoms. The van der Waals surface area contributed by atoms with Crippen molar-refractivity contribution in [3.8, 4) is 0 Å². The Bertz CT molecular complexity index is 886. The third-order valence-electron chi connectivity index (χ3n) is 4.64. The summed E-state index contributed by atoms with van der Waals surface area (Å²) in [6.45, 7) is 5.12. The Labute approximate surface area is 142 Å². The zero-order valence-corrected chi connectivity index (χ0v) is 15.0. The Morgan fingerprint density at radius 1 is 1.33 bits per heavy atom. The minimum Gasteiger partial charge on any atom is -0.358 e. The maximum atomic E-state index is 12.8. The van der Waals surface area contributed by atoms with Crippen LogP contribution in [0.3, 0.4) is 0 Å². The number of benzene rings is 1. The number of rotatable bonds is 3. The van der Waals surface area contributed by atoms with E-state index in [4.69, 9.17) is 0 Å². The van der Waals surface area contributed by atoms with Crippen LogP contribution >= 0.6 is 0 Å². The Balaban J connectivity index is 1.82. The minimum absolute atomic E-state index is 0.0462. The van der Waals surface area contributed by atoms with Gasteiger partial charge in [-0.1, -0.05) is 0 Å². The standard InChI is InChI=1S/C17H23N3O3S/c1-11-12(2)18-16-7-6-13(9-15(11)16)17(21)20-8-4-5-14(10-20)19-24(3,22)23/h6-7,9,14,18-19H,4-5,8,10H2,1-3H3. The molecule has 2 heterocycles. The average molecular weight is 349 g/mol. The predicted molar refractivity (Wildman–Crippen MR) is 94.7 cm³/mol. The lowest BCUT2D eigenvalue weighted by atomic mass is 10.0. The molecular weight excluding hydrogens is 326 g/mol. The van der Waals surface area contributed by atoms with Gasteiger partial charge < -0.3 is 9.88 Å². The summed E-state index contributed by atoms with van der Waals surface area (Å²) in [5.41, 5.74) is 3.92. The Morgan fingerprint density at radius 2 is 2.08 bits per heavy atom. The van der Waals surface area contributed by atoms with E-state index >= 15 is 0 Å². The van der Waals surface area contributed by atoms with Crippen LogP contribution in [0.4, 0.5) is 0 Å². The normalized spacial score (nSPS) is 19.0. The molecular formula is C17H23N3O3S. The molecule has 1 fully saturated rings. The fourth-order valence-electron chi connectivity index (χ4n) is 3.34. The van der Waals surface area contributed by atoms with Crippen molar-refractivity contribution >= 4 is 26.8 Å². The summed E-state index contributed by atoms with van der Waals surface area (Å²) in [5, 5.41) is 1.06. The number of hydrogen-bond donors (Lipinski definition) is 2. The number of likely N-dealkylation sites (tertiary alicyclic amines) is 1. The van der Waals surface area contributed by atoms with Crippen LogP contribution in [-0.4, -0.2) is 49.6 Å². The van der Waals surface area contributed by atoms with Gasteiger partial charge in [0.25, 0.3) is 5.91 Å². The summed E-state index contributed by atoms with van der Waals surface area (Å²) in [7, 11) is -3.26. The highest BCUT2D eigenvalue weighted by molar-refractivity contribution is 7.88. The highest BCUT2D eigenvalue weighted by atomic mass is 32.2. The molecule has 1 aromatic carbocycles. The fraction of sp³-hybridized carbons (Fsp3) is 0.471. The zero-order chi connectivity index (χ0) is 17.5. The van der Waals surface area contributed by atoms with E-state index in [1.165, 1.54) is 0 Å². The van der Waals surface area contributed by atoms with Crippen LogP contribution in [0, 0.1) is 13.8 Å². The number of nitrogens with zero attached hydrogens (tertiary/aromatic N) is 1. The lowest BCUT2D eigenvalue weighted by molar-refractivity contribution is 0.0703. The minimum atomic E-state index is -3.26. The number of carbonyl (C=O) groups excluding carboxylic acids is 1. The van der Waals surface area contributed by atoms with Crippen LogP contribution in [0.25, 0.3) is 10.9 Å². The molecule has 1 unspecified atom stereocenters. The predicted octanol–water partition coefficient (Wildman–Crippen LogP) is 1.94. The van der Waals surface area contributed by atoms with Gasteiger partial charge in [-0.2, -0.15) is 0 Å². The molecule has 2 aromatic rings. The van der Waals surface area contributed by atoms with Crippen LogP contribution in [-0.2, 0) is 10.0 Å². The second-order valence-electron chi connectivity index (χ2n) is 6.62. The summed E-state index contributed by atoms with van der Waals surface area (Å²) in [6.07, 6.45) is 2.70. The lowest BCUT2D eigenvalue weighted by Gasteiger charge is -2.32. The second kappa shape index (κ2) is 6.22. The van der Waals surface area contributed by atoms with Crippen LogP contribution in [0.15, 0.2) is 18.2 Å². The van der Waals surface area contributed by atoms with Gasteiger partial charge in [0.2, 0.25) is 10.0 Å². The van der Waals surface area contributed by atoms with E-state index in [-0.39, 0.29) is 11.9 Å². The van der Waals surface area contributed by atoms with Gasteiger partial charge in [0.1, 0.15) is 0 Å². The van der Waals surface area contributed by atoms with Crippen molar-refractivity contribution in [1.29, 1.82) is 0 Å². The van der Waals surface area contributed by atoms with E-state index in [0.29, 0.717) is 18.7 Å². The van der Waals surface area contributed by atoms with E-state index in [1.54, 1.807) is 4.90 Å². The fourth-order valence-corrected chi connectivity index (χ4v) is 4.14. The van der Waals surface area contributed by atoms with E-state index in [9.17, 15) is 13.2 Å². The number of hydrogen-bond acceptors (Lipinski definition) is 3. The first-order chi connectivity index (χ1) is 11.2. The highest BCUT2D eigenvalue weighted by Gasteiger charge is 2.26. The topological polar surface area (TPSA) is 82.3 Å². The number of H-pyrrole nitrogens is 1. The third kappa shape index (κ3) is 3.47. The van der Waals surface area contributed by atoms with Crippen molar-refractivity contribution < 1.29 is 13.2 Å². The number of nitrogens with one attached hydrogen (secondary N) is 2. The van der Waals surface area contributed by atoms with Crippen molar-refractivity contribution in [1.82, 2.24) is 14.6 Å². The molecule has 0 saturated carbocycles. The van der Waals surface area contributed by atoms with Crippen molar-refractivity contribution in [3.05, 3.63) is 35.0 Å². The third-order valence-corrected chi connectivity index (χ3v) is 5.41. The molecule has 6 nitrogen and oxygen atoms in total. The summed E-state index contributed by atoms with van der Waals surface area (Å²) in [5.74, 6) is -0.0462. The molecule has 1 aliphatic rings. The molecule has 0 bridgehead atoms. The molecule has 1 atom stereocenters. The summed E-state index contributed by atoms with van der Waals surface area (Å²) < 4.78 is 25.4. The quantitative estimate of drug-likeness (QED) is 0.888. The number of amides is 1. The van der Waals surface area contributed by atoms with Crippen LogP contribution in [0.1, 0.15) is 34.5 Å². The van der Waals surface area contributed by atoms with Crippen LogP contribution in [0.5, 0.6) is 0 Å². The molecule has 0 spiro atoms. The van der Waals surface area contributed by atoms with Crippen molar-refractivity contribution in [3.63, 3.8) is 0 Å². The smallest absolute Gasteiger partial charge is 0.253 e. The number of piperidine rings is 1. The number of aryl methyl sites for hydroxylation is 2. The molecule has 1 aliphatic heterocycles. The van der Waals surface area contributed by atoms with Gasteiger partial charge in [0, 0.05) is 41.3 Å². The molecule has 130 valence electrons. The summed E-state index contributed by atoms with van der Waals surface area (Å²) in [4.78, 5) is 17.9. The molecule has 1 aromatic heterocycles. The van der Waals surface area contributed by atoms with E-state index in [2.05, 4.69) is 9.71 Å². The van der Waals surface area contributed by atoms with Gasteiger partial charge in [0.15, 0.2) is 0 Å². The first kappa shape index (κ1) is 17.0. The largest absolute Gasteiger partial charge is 0.358 e. The first-order valence-electron chi connectivity index (χ1n) is 8.10. The van der Waals surface area contributed by atoms with Gasteiger partial charge in [-0.3, -0.25) is 4.79 Å². The number of fused-ring (bicyclic) bond motifs is 1. The number of sulfonamides is 1. The van der Waals surface area contributed by atoms with Gasteiger partial charge in [-0.15, -0.1) is 0 Å².